The Balaban J connectivity index is 1.65. The third kappa shape index (κ3) is 5.46. The average Bonchev–Trinajstić information content (AvgIpc) is 3.30. The first-order chi connectivity index (χ1) is 16.4. The van der Waals surface area contributed by atoms with Crippen LogP contribution >= 0.6 is 0 Å². The van der Waals surface area contributed by atoms with Gasteiger partial charge in [0, 0.05) is 23.9 Å². The van der Waals surface area contributed by atoms with Gasteiger partial charge in [0.2, 0.25) is 0 Å². The van der Waals surface area contributed by atoms with Crippen molar-refractivity contribution in [3.63, 3.8) is 0 Å². The number of methoxy groups -OCH3 is 2. The van der Waals surface area contributed by atoms with Crippen LogP contribution in [0.25, 0.3) is 11.3 Å². The van der Waals surface area contributed by atoms with Crippen LogP contribution in [0.2, 0.25) is 0 Å². The Morgan fingerprint density at radius 2 is 1.94 bits per heavy atom. The third-order valence-corrected chi connectivity index (χ3v) is 4.90. The normalized spacial score (nSPS) is 10.8. The largest absolute Gasteiger partial charge is 0.465 e. The average molecular weight is 462 g/mol. The molecule has 0 aliphatic heterocycles. The van der Waals surface area contributed by atoms with E-state index in [1.165, 1.54) is 25.0 Å². The van der Waals surface area contributed by atoms with Gasteiger partial charge in [-0.05, 0) is 37.3 Å². The van der Waals surface area contributed by atoms with E-state index in [-0.39, 0.29) is 18.7 Å². The van der Waals surface area contributed by atoms with Crippen molar-refractivity contribution in [1.29, 1.82) is 5.26 Å². The van der Waals surface area contributed by atoms with Crippen LogP contribution in [0.5, 0.6) is 0 Å². The first-order valence-electron chi connectivity index (χ1n) is 10.1. The van der Waals surface area contributed by atoms with E-state index in [4.69, 9.17) is 9.15 Å². The summed E-state index contributed by atoms with van der Waals surface area (Å²) in [4.78, 5) is 36.4. The van der Waals surface area contributed by atoms with Crippen molar-refractivity contribution in [1.82, 2.24) is 9.99 Å². The van der Waals surface area contributed by atoms with Gasteiger partial charge in [-0.25, -0.2) is 10.2 Å². The number of hydrogen-bond donors (Lipinski definition) is 1. The molecule has 2 aromatic heterocycles. The summed E-state index contributed by atoms with van der Waals surface area (Å²) in [6, 6.07) is 13.6. The van der Waals surface area contributed by atoms with Gasteiger partial charge in [-0.2, -0.15) is 10.4 Å². The molecule has 0 saturated heterocycles. The molecule has 0 unspecified atom stereocenters. The quantitative estimate of drug-likeness (QED) is 0.308. The van der Waals surface area contributed by atoms with Crippen LogP contribution in [-0.2, 0) is 27.4 Å². The second-order valence-corrected chi connectivity index (χ2v) is 7.19. The number of hydrazone groups is 1. The van der Waals surface area contributed by atoms with Crippen molar-refractivity contribution in [2.24, 2.45) is 5.10 Å². The lowest BCUT2D eigenvalue weighted by Crippen LogP contribution is -2.33. The fraction of sp³-hybridized carbons (Fsp3) is 0.208. The molecule has 1 N–H and O–H groups in total. The molecule has 3 aromatic rings. The van der Waals surface area contributed by atoms with Gasteiger partial charge in [0.05, 0.1) is 25.5 Å². The van der Waals surface area contributed by atoms with Crippen LogP contribution in [0.15, 0.2) is 56.8 Å². The second kappa shape index (κ2) is 10.9. The molecule has 0 fully saturated rings. The van der Waals surface area contributed by atoms with E-state index in [0.717, 1.165) is 5.56 Å². The molecule has 1 amide bonds. The van der Waals surface area contributed by atoms with Crippen molar-refractivity contribution in [2.75, 3.05) is 14.2 Å². The number of ether oxygens (including phenoxy) is 2. The molecule has 0 spiro atoms. The van der Waals surface area contributed by atoms with Gasteiger partial charge >= 0.3 is 5.97 Å². The van der Waals surface area contributed by atoms with Crippen LogP contribution in [0, 0.1) is 18.3 Å². The van der Waals surface area contributed by atoms with Gasteiger partial charge in [0.15, 0.2) is 0 Å². The number of amides is 1. The molecular formula is C24H22N4O6. The molecule has 1 aromatic carbocycles. The highest BCUT2D eigenvalue weighted by Gasteiger charge is 2.15. The summed E-state index contributed by atoms with van der Waals surface area (Å²) in [5.74, 6) is -0.0419. The van der Waals surface area contributed by atoms with Crippen LogP contribution in [0.3, 0.4) is 0 Å². The Kier molecular flexibility index (Phi) is 7.74. The van der Waals surface area contributed by atoms with Crippen LogP contribution in [-0.4, -0.2) is 36.9 Å². The van der Waals surface area contributed by atoms with Crippen molar-refractivity contribution in [3.8, 4) is 17.4 Å². The number of nitriles is 1. The number of aryl methyl sites for hydroxylation is 1. The molecule has 3 rings (SSSR count). The molecule has 0 aliphatic carbocycles. The molecule has 10 nitrogen and oxygen atoms in total. The number of esters is 1. The van der Waals surface area contributed by atoms with Gasteiger partial charge in [0.1, 0.15) is 29.7 Å². The molecule has 2 heterocycles. The third-order valence-electron chi connectivity index (χ3n) is 4.90. The van der Waals surface area contributed by atoms with Gasteiger partial charge < -0.3 is 18.5 Å². The summed E-state index contributed by atoms with van der Waals surface area (Å²) in [6.07, 6.45) is 1.32. The van der Waals surface area contributed by atoms with Crippen LogP contribution in [0.4, 0.5) is 0 Å². The monoisotopic (exact) mass is 462 g/mol. The molecule has 0 radical (unpaired) electrons. The van der Waals surface area contributed by atoms with Crippen molar-refractivity contribution < 1.29 is 23.5 Å². The topological polar surface area (TPSA) is 136 Å². The van der Waals surface area contributed by atoms with E-state index < -0.39 is 17.4 Å². The predicted molar refractivity (Wildman–Crippen MR) is 122 cm³/mol. The number of aromatic nitrogens is 1. The zero-order valence-electron chi connectivity index (χ0n) is 18.8. The first-order valence-corrected chi connectivity index (χ1v) is 10.1. The summed E-state index contributed by atoms with van der Waals surface area (Å²) in [5, 5.41) is 13.2. The van der Waals surface area contributed by atoms with Crippen molar-refractivity contribution >= 4 is 18.1 Å². The Morgan fingerprint density at radius 3 is 2.59 bits per heavy atom. The number of nitrogens with one attached hydrogen (secondary N) is 1. The van der Waals surface area contributed by atoms with Gasteiger partial charge in [0.25, 0.3) is 11.5 Å². The number of benzene rings is 1. The highest BCUT2D eigenvalue weighted by molar-refractivity contribution is 5.90. The van der Waals surface area contributed by atoms with E-state index >= 15 is 0 Å². The summed E-state index contributed by atoms with van der Waals surface area (Å²) >= 11 is 0. The molecule has 0 bridgehead atoms. The number of furan rings is 1. The number of carbonyl (C=O) groups is 2. The highest BCUT2D eigenvalue weighted by Crippen LogP contribution is 2.22. The van der Waals surface area contributed by atoms with Crippen LogP contribution in [0.1, 0.15) is 32.9 Å². The summed E-state index contributed by atoms with van der Waals surface area (Å²) in [5.41, 5.74) is 3.86. The summed E-state index contributed by atoms with van der Waals surface area (Å²) in [7, 11) is 2.78. The Hall–Kier alpha value is -4.49. The number of hydrogen-bond acceptors (Lipinski definition) is 8. The summed E-state index contributed by atoms with van der Waals surface area (Å²) in [6.45, 7) is 1.48. The lowest BCUT2D eigenvalue weighted by atomic mass is 10.1. The molecule has 0 atom stereocenters. The fourth-order valence-electron chi connectivity index (χ4n) is 3.23. The molecule has 10 heteroatoms. The highest BCUT2D eigenvalue weighted by atomic mass is 16.5. The Labute approximate surface area is 195 Å². The summed E-state index contributed by atoms with van der Waals surface area (Å²) < 4.78 is 16.6. The van der Waals surface area contributed by atoms with Gasteiger partial charge in [-0.3, -0.25) is 9.59 Å². The molecular weight excluding hydrogens is 440 g/mol. The van der Waals surface area contributed by atoms with E-state index in [9.17, 15) is 19.6 Å². The lowest BCUT2D eigenvalue weighted by molar-refractivity contribution is -0.121. The minimum Gasteiger partial charge on any atom is -0.465 e. The maximum absolute atomic E-state index is 12.6. The van der Waals surface area contributed by atoms with Gasteiger partial charge in [-0.1, -0.05) is 12.1 Å². The second-order valence-electron chi connectivity index (χ2n) is 7.19. The maximum atomic E-state index is 12.6. The SMILES string of the molecule is COCc1cc(C)n(CC(=O)N/N=C/c2ccc(-c3ccc(C(=O)OC)cc3)o2)c(=O)c1C#N. The van der Waals surface area contributed by atoms with E-state index in [2.05, 4.69) is 15.3 Å². The van der Waals surface area contributed by atoms with Crippen molar-refractivity contribution in [3.05, 3.63) is 81.0 Å². The van der Waals surface area contributed by atoms with E-state index in [0.29, 0.717) is 28.3 Å². The predicted octanol–water partition coefficient (Wildman–Crippen LogP) is 2.37. The number of nitrogens with zero attached hydrogens (tertiary/aromatic N) is 3. The number of rotatable bonds is 8. The lowest BCUT2D eigenvalue weighted by Gasteiger charge is -2.12. The molecule has 0 aliphatic rings. The minimum atomic E-state index is -0.567. The minimum absolute atomic E-state index is 0.0634. The number of pyridine rings is 1. The van der Waals surface area contributed by atoms with Crippen molar-refractivity contribution in [2.45, 2.75) is 20.1 Å². The zero-order chi connectivity index (χ0) is 24.7. The smallest absolute Gasteiger partial charge is 0.337 e. The first kappa shape index (κ1) is 24.2. The molecule has 174 valence electrons. The molecule has 34 heavy (non-hydrogen) atoms. The Morgan fingerprint density at radius 1 is 1.21 bits per heavy atom. The van der Waals surface area contributed by atoms with Gasteiger partial charge in [-0.15, -0.1) is 0 Å². The zero-order valence-corrected chi connectivity index (χ0v) is 18.8. The van der Waals surface area contributed by atoms with Crippen LogP contribution < -0.4 is 11.0 Å². The number of carbonyl (C=O) groups excluding carboxylic acids is 2. The fourth-order valence-corrected chi connectivity index (χ4v) is 3.23. The van der Waals surface area contributed by atoms with E-state index in [1.807, 2.05) is 6.07 Å². The van der Waals surface area contributed by atoms with E-state index in [1.54, 1.807) is 49.4 Å². The Bertz CT molecular complexity index is 1330. The maximum Gasteiger partial charge on any atom is 0.337 e. The molecule has 0 saturated carbocycles. The standard InChI is InChI=1S/C24H22N4O6/c1-15-10-18(14-32-2)20(11-25)23(30)28(15)13-22(29)27-26-12-19-8-9-21(34-19)16-4-6-17(7-5-16)24(31)33-3/h4-10,12H,13-14H2,1-3H3,(H,27,29)/b26-12+.